The van der Waals surface area contributed by atoms with E-state index in [9.17, 15) is 0 Å². The maximum atomic E-state index is 2.85. The first-order valence-corrected chi connectivity index (χ1v) is 33.9. The van der Waals surface area contributed by atoms with Crippen LogP contribution < -0.4 is 0 Å². The van der Waals surface area contributed by atoms with Gasteiger partial charge in [0.25, 0.3) is 0 Å². The van der Waals surface area contributed by atoms with Crippen LogP contribution in [-0.4, -0.2) is 8.07 Å². The predicted molar refractivity (Wildman–Crippen MR) is 222 cm³/mol. The molecule has 264 valence electrons. The summed E-state index contributed by atoms with van der Waals surface area (Å²) in [4.78, 5) is 0. The molecule has 4 aromatic carbocycles. The Kier molecular flexibility index (Phi) is 8.51. The number of benzene rings is 4. The summed E-state index contributed by atoms with van der Waals surface area (Å²) in [7, 11) is -2.04. The van der Waals surface area contributed by atoms with E-state index in [0.29, 0.717) is 7.35 Å². The molecule has 2 unspecified atom stereocenters. The Bertz CT molecular complexity index is 1980. The van der Waals surface area contributed by atoms with Gasteiger partial charge in [-0.1, -0.05) is 0 Å². The Morgan fingerprint density at radius 3 is 1.39 bits per heavy atom. The minimum absolute atomic E-state index is 0.154. The van der Waals surface area contributed by atoms with Crippen LogP contribution in [0.3, 0.4) is 0 Å². The van der Waals surface area contributed by atoms with Crippen LogP contribution in [0, 0.1) is 13.8 Å². The van der Waals surface area contributed by atoms with Crippen LogP contribution in [0.1, 0.15) is 126 Å². The Morgan fingerprint density at radius 1 is 0.569 bits per heavy atom. The summed E-state index contributed by atoms with van der Waals surface area (Å²) in [6.45, 7) is 21.5. The number of fused-ring (bicyclic) bond motifs is 6. The van der Waals surface area contributed by atoms with Gasteiger partial charge in [0, 0.05) is 0 Å². The standard InChI is InChI=1S/C47H54Si.2CH3.Hf/c1-31-25-35(46(3,4)5)21-23-40(31)42-19-13-15-33-27-38(29-44(33)42)48(9,37-17-11-10-12-18-37)39-28-34-16-14-20-43(45(34)30-39)41-24-22-36(26-32(41)2)47(6,7)8;;;/h13-16,19-30,37H,10-12,17-18H2,1-9H3;2*1H3;. The topological polar surface area (TPSA) is 0 Å². The van der Waals surface area contributed by atoms with Crippen LogP contribution in [0.5, 0.6) is 0 Å². The third-order valence-electron chi connectivity index (χ3n) is 14.0. The van der Waals surface area contributed by atoms with Crippen molar-refractivity contribution in [3.05, 3.63) is 128 Å². The molecule has 2 fully saturated rings. The van der Waals surface area contributed by atoms with Crippen molar-refractivity contribution in [2.24, 2.45) is 0 Å². The monoisotopic (exact) mass is 856 g/mol. The molecule has 0 N–H and O–H groups in total. The van der Waals surface area contributed by atoms with E-state index in [0.717, 1.165) is 5.54 Å². The summed E-state index contributed by atoms with van der Waals surface area (Å²) in [6, 6.07) is 29.4. The van der Waals surface area contributed by atoms with Crippen LogP contribution >= 0.6 is 0 Å². The van der Waals surface area contributed by atoms with Gasteiger partial charge in [0.2, 0.25) is 0 Å². The first kappa shape index (κ1) is 35.5. The Hall–Kier alpha value is -2.55. The van der Waals surface area contributed by atoms with Crippen molar-refractivity contribution in [1.82, 2.24) is 0 Å². The molecule has 1 saturated carbocycles. The van der Waals surface area contributed by atoms with Crippen molar-refractivity contribution in [2.45, 2.75) is 127 Å². The average molecular weight is 856 g/mol. The van der Waals surface area contributed by atoms with Gasteiger partial charge in [-0.15, -0.1) is 0 Å². The number of aryl methyl sites for hydroxylation is 2. The Labute approximate surface area is 315 Å². The normalized spacial score (nSPS) is 24.0. The molecule has 0 bridgehead atoms. The molecule has 2 heteroatoms. The first-order valence-electron chi connectivity index (χ1n) is 20.0. The molecule has 0 spiro atoms. The van der Waals surface area contributed by atoms with Gasteiger partial charge in [-0.2, -0.15) is 0 Å². The second-order valence-corrected chi connectivity index (χ2v) is 41.2. The molecule has 0 amide bonds. The fourth-order valence-electron chi connectivity index (χ4n) is 11.1. The molecule has 1 heterocycles. The van der Waals surface area contributed by atoms with Crippen LogP contribution in [0.4, 0.5) is 0 Å². The molecule has 4 aliphatic rings. The van der Waals surface area contributed by atoms with E-state index < -0.39 is 28.0 Å². The van der Waals surface area contributed by atoms with Crippen molar-refractivity contribution in [3.63, 3.8) is 0 Å². The molecule has 4 aromatic rings. The molecule has 0 nitrogen and oxygen atoms in total. The number of rotatable bonds is 3. The van der Waals surface area contributed by atoms with Crippen LogP contribution in [0.25, 0.3) is 34.4 Å². The summed E-state index contributed by atoms with van der Waals surface area (Å²) in [5.74, 6) is 0. The van der Waals surface area contributed by atoms with Crippen molar-refractivity contribution in [1.29, 1.82) is 0 Å². The van der Waals surface area contributed by atoms with Gasteiger partial charge in [0.15, 0.2) is 0 Å². The fraction of sp³-hybridized carbons (Fsp3) is 0.429. The van der Waals surface area contributed by atoms with E-state index in [4.69, 9.17) is 0 Å². The molecule has 8 rings (SSSR count). The van der Waals surface area contributed by atoms with Crippen LogP contribution in [0.15, 0.2) is 83.2 Å². The molecule has 1 saturated heterocycles. The van der Waals surface area contributed by atoms with Crippen molar-refractivity contribution in [2.75, 3.05) is 0 Å². The van der Waals surface area contributed by atoms with Gasteiger partial charge in [-0.05, 0) is 0 Å². The molecule has 1 aliphatic heterocycles. The van der Waals surface area contributed by atoms with Gasteiger partial charge < -0.3 is 0 Å². The number of hydrogen-bond acceptors (Lipinski definition) is 0. The van der Waals surface area contributed by atoms with Gasteiger partial charge in [0.05, 0.1) is 0 Å². The van der Waals surface area contributed by atoms with Crippen molar-refractivity contribution in [3.8, 4) is 22.3 Å². The third kappa shape index (κ3) is 5.50. The van der Waals surface area contributed by atoms with Gasteiger partial charge in [0.1, 0.15) is 0 Å². The molecule has 0 aromatic heterocycles. The summed E-state index contributed by atoms with van der Waals surface area (Å²) >= 11 is -3.15. The predicted octanol–water partition coefficient (Wildman–Crippen LogP) is 14.6. The second-order valence-electron chi connectivity index (χ2n) is 19.6. The van der Waals surface area contributed by atoms with Crippen molar-refractivity contribution >= 4 is 20.2 Å². The fourth-order valence-corrected chi connectivity index (χ4v) is 44.0. The zero-order valence-electron chi connectivity index (χ0n) is 33.4. The van der Waals surface area contributed by atoms with E-state index in [1.165, 1.54) is 76.6 Å². The van der Waals surface area contributed by atoms with E-state index in [2.05, 4.69) is 156 Å². The number of hydrogen-bond donors (Lipinski definition) is 0. The third-order valence-corrected chi connectivity index (χ3v) is 36.7. The summed E-state index contributed by atoms with van der Waals surface area (Å²) in [6.07, 6.45) is 12.7. The Balaban J connectivity index is 1.33. The van der Waals surface area contributed by atoms with Gasteiger partial charge in [-0.3, -0.25) is 0 Å². The average Bonchev–Trinajstić information content (AvgIpc) is 3.69. The van der Waals surface area contributed by atoms with E-state index in [1.807, 2.05) is 10.4 Å². The van der Waals surface area contributed by atoms with Crippen molar-refractivity contribution < 1.29 is 20.0 Å². The van der Waals surface area contributed by atoms with Crippen LogP contribution in [-0.2, 0) is 30.8 Å². The quantitative estimate of drug-likeness (QED) is 0.180. The zero-order valence-corrected chi connectivity index (χ0v) is 37.9. The number of allylic oxidation sites excluding steroid dienone is 2. The molecule has 3 aliphatic carbocycles. The van der Waals surface area contributed by atoms with E-state index in [-0.39, 0.29) is 10.8 Å². The maximum absolute atomic E-state index is 3.15. The summed E-state index contributed by atoms with van der Waals surface area (Å²) in [5, 5.41) is 3.85. The Morgan fingerprint density at radius 2 is 1.00 bits per heavy atom. The SMILES string of the molecule is Cc1cc(C(C)(C)C)ccc1-c1cccc2c1C=C1[CH]2[Hf]([CH3])([CH3])[CH]2C(=Cc3c(-c4ccc(C(C)(C)C)cc4C)cccc32)[Si]1(C)C1CCCCC1. The summed E-state index contributed by atoms with van der Waals surface area (Å²) in [5.41, 5.74) is 19.1. The molecular weight excluding hydrogens is 795 g/mol. The van der Waals surface area contributed by atoms with E-state index >= 15 is 0 Å². The molecule has 51 heavy (non-hydrogen) atoms. The second kappa shape index (κ2) is 12.2. The van der Waals surface area contributed by atoms with E-state index in [1.54, 1.807) is 22.3 Å². The van der Waals surface area contributed by atoms with Crippen LogP contribution in [0.2, 0.25) is 21.4 Å². The summed E-state index contributed by atoms with van der Waals surface area (Å²) < 4.78 is 7.03. The molecular formula is C49H60HfSi. The molecule has 2 atom stereocenters. The molecule has 0 radical (unpaired) electrons. The first-order chi connectivity index (χ1) is 24.0. The van der Waals surface area contributed by atoms with Gasteiger partial charge >= 0.3 is 317 Å². The minimum atomic E-state index is -3.15. The zero-order chi connectivity index (χ0) is 36.2. The van der Waals surface area contributed by atoms with Gasteiger partial charge in [-0.25, -0.2) is 0 Å².